The summed E-state index contributed by atoms with van der Waals surface area (Å²) in [6.45, 7) is 0. The van der Waals surface area contributed by atoms with Crippen molar-refractivity contribution in [2.75, 3.05) is 5.32 Å². The van der Waals surface area contributed by atoms with Crippen molar-refractivity contribution in [3.63, 3.8) is 0 Å². The Kier molecular flexibility index (Phi) is 4.76. The van der Waals surface area contributed by atoms with Gasteiger partial charge in [-0.2, -0.15) is 13.2 Å². The van der Waals surface area contributed by atoms with Crippen LogP contribution in [0.25, 0.3) is 6.08 Å². The van der Waals surface area contributed by atoms with E-state index in [4.69, 9.17) is 4.74 Å². The van der Waals surface area contributed by atoms with Gasteiger partial charge in [0, 0.05) is 5.69 Å². The molecule has 0 spiro atoms. The van der Waals surface area contributed by atoms with Crippen molar-refractivity contribution in [1.29, 1.82) is 0 Å². The lowest BCUT2D eigenvalue weighted by Gasteiger charge is -2.08. The summed E-state index contributed by atoms with van der Waals surface area (Å²) < 4.78 is 55.7. The molecule has 27 heavy (non-hydrogen) atoms. The number of rotatable bonds is 3. The Bertz CT molecular complexity index is 981. The zero-order valence-electron chi connectivity index (χ0n) is 13.4. The number of ether oxygens (including phenoxy) is 1. The molecule has 0 saturated heterocycles. The highest BCUT2D eigenvalue weighted by Gasteiger charge is 2.38. The Morgan fingerprint density at radius 2 is 1.85 bits per heavy atom. The molecule has 0 bridgehead atoms. The van der Waals surface area contributed by atoms with Gasteiger partial charge in [-0.1, -0.05) is 24.3 Å². The van der Waals surface area contributed by atoms with Gasteiger partial charge in [-0.3, -0.25) is 4.79 Å². The highest BCUT2D eigenvalue weighted by atomic mass is 19.4. The van der Waals surface area contributed by atoms with Crippen LogP contribution in [0.5, 0.6) is 0 Å². The van der Waals surface area contributed by atoms with E-state index in [0.29, 0.717) is 5.56 Å². The number of alkyl halides is 3. The van der Waals surface area contributed by atoms with Crippen molar-refractivity contribution in [2.45, 2.75) is 6.18 Å². The average molecular weight is 378 g/mol. The highest BCUT2D eigenvalue weighted by molar-refractivity contribution is 6.13. The maximum atomic E-state index is 13.8. The Balaban J connectivity index is 1.86. The second-order valence-corrected chi connectivity index (χ2v) is 5.39. The normalized spacial score (nSPS) is 15.5. The van der Waals surface area contributed by atoms with Gasteiger partial charge < -0.3 is 10.1 Å². The third-order valence-corrected chi connectivity index (χ3v) is 3.43. The molecule has 0 atom stereocenters. The molecule has 3 rings (SSSR count). The number of carbonyl (C=O) groups is 2. The molecule has 138 valence electrons. The Hall–Kier alpha value is -3.49. The summed E-state index contributed by atoms with van der Waals surface area (Å²) in [6.07, 6.45) is -3.78. The number of carbonyl (C=O) groups excluding carboxylic acids is 2. The van der Waals surface area contributed by atoms with Gasteiger partial charge in [0.1, 0.15) is 5.82 Å². The molecule has 0 unspecified atom stereocenters. The number of cyclic esters (lactones) is 1. The second kappa shape index (κ2) is 7.02. The summed E-state index contributed by atoms with van der Waals surface area (Å²) in [6, 6.07) is 10.9. The van der Waals surface area contributed by atoms with Crippen molar-refractivity contribution in [3.05, 3.63) is 71.2 Å². The van der Waals surface area contributed by atoms with Gasteiger partial charge in [0.05, 0.1) is 5.56 Å². The van der Waals surface area contributed by atoms with Crippen LogP contribution in [0.3, 0.4) is 0 Å². The first kappa shape index (κ1) is 18.3. The predicted molar refractivity (Wildman–Crippen MR) is 88.1 cm³/mol. The summed E-state index contributed by atoms with van der Waals surface area (Å²) in [5.74, 6) is -3.79. The maximum Gasteiger partial charge on any atom is 0.471 e. The monoisotopic (exact) mass is 378 g/mol. The number of nitrogens with zero attached hydrogens (tertiary/aromatic N) is 1. The van der Waals surface area contributed by atoms with Gasteiger partial charge in [-0.25, -0.2) is 14.2 Å². The zero-order chi connectivity index (χ0) is 19.6. The fourth-order valence-electron chi connectivity index (χ4n) is 2.23. The number of hydrogen-bond donors (Lipinski definition) is 1. The van der Waals surface area contributed by atoms with E-state index in [9.17, 15) is 27.2 Å². The Labute approximate surface area is 150 Å². The van der Waals surface area contributed by atoms with E-state index in [1.807, 2.05) is 0 Å². The van der Waals surface area contributed by atoms with E-state index in [1.54, 1.807) is 11.4 Å². The standard InChI is InChI=1S/C18H10F4N2O3/c19-13-7-2-1-6-12(13)15-24-14(16(25)27-15)9-10-4-3-5-11(8-10)23-17(26)18(20,21)22/h1-9H,(H,23,26)/b14-9-. The van der Waals surface area contributed by atoms with Gasteiger partial charge in [0.15, 0.2) is 5.70 Å². The lowest BCUT2D eigenvalue weighted by molar-refractivity contribution is -0.167. The third kappa shape index (κ3) is 4.20. The van der Waals surface area contributed by atoms with Gasteiger partial charge in [0.2, 0.25) is 5.90 Å². The van der Waals surface area contributed by atoms with Crippen molar-refractivity contribution < 1.29 is 31.9 Å². The first-order valence-electron chi connectivity index (χ1n) is 7.50. The predicted octanol–water partition coefficient (Wildman–Crippen LogP) is 3.67. The number of halogens is 4. The van der Waals surface area contributed by atoms with Crippen LogP contribution in [0, 0.1) is 5.82 Å². The van der Waals surface area contributed by atoms with Crippen LogP contribution in [0.1, 0.15) is 11.1 Å². The second-order valence-electron chi connectivity index (χ2n) is 5.39. The molecule has 0 radical (unpaired) electrons. The minimum atomic E-state index is -5.03. The molecule has 2 aromatic carbocycles. The number of benzene rings is 2. The molecule has 1 aliphatic heterocycles. The van der Waals surface area contributed by atoms with Crippen LogP contribution < -0.4 is 5.32 Å². The van der Waals surface area contributed by atoms with E-state index in [-0.39, 0.29) is 22.8 Å². The lowest BCUT2D eigenvalue weighted by atomic mass is 10.1. The number of aliphatic imine (C=N–C) groups is 1. The molecule has 0 fully saturated rings. The van der Waals surface area contributed by atoms with Crippen LogP contribution in [0.15, 0.2) is 59.2 Å². The number of esters is 1. The van der Waals surface area contributed by atoms with Gasteiger partial charge in [-0.15, -0.1) is 0 Å². The minimum Gasteiger partial charge on any atom is -0.402 e. The number of hydrogen-bond acceptors (Lipinski definition) is 4. The molecule has 2 aromatic rings. The van der Waals surface area contributed by atoms with Gasteiger partial charge in [-0.05, 0) is 35.9 Å². The van der Waals surface area contributed by atoms with Crippen molar-refractivity contribution in [2.24, 2.45) is 4.99 Å². The van der Waals surface area contributed by atoms with Crippen LogP contribution in [-0.4, -0.2) is 24.0 Å². The van der Waals surface area contributed by atoms with Crippen molar-refractivity contribution >= 4 is 29.5 Å². The molecule has 1 aliphatic rings. The first-order chi connectivity index (χ1) is 12.7. The molecule has 0 aromatic heterocycles. The number of anilines is 1. The molecular weight excluding hydrogens is 368 g/mol. The zero-order valence-corrected chi connectivity index (χ0v) is 13.4. The largest absolute Gasteiger partial charge is 0.471 e. The molecule has 0 aliphatic carbocycles. The van der Waals surface area contributed by atoms with Crippen LogP contribution in [0.4, 0.5) is 23.2 Å². The van der Waals surface area contributed by atoms with Gasteiger partial charge in [0.25, 0.3) is 0 Å². The topological polar surface area (TPSA) is 67.8 Å². The Morgan fingerprint density at radius 3 is 2.56 bits per heavy atom. The summed E-state index contributed by atoms with van der Waals surface area (Å²) >= 11 is 0. The fraction of sp³-hybridized carbons (Fsp3) is 0.0556. The number of nitrogens with one attached hydrogen (secondary N) is 1. The maximum absolute atomic E-state index is 13.8. The SMILES string of the molecule is O=C1OC(c2ccccc2F)=N/C1=C\c1cccc(NC(=O)C(F)(F)F)c1. The Morgan fingerprint density at radius 1 is 1.11 bits per heavy atom. The minimum absolute atomic E-state index is 0.000409. The average Bonchev–Trinajstić information content (AvgIpc) is 2.95. The van der Waals surface area contributed by atoms with E-state index in [0.717, 1.165) is 0 Å². The van der Waals surface area contributed by atoms with Crippen LogP contribution in [-0.2, 0) is 14.3 Å². The molecule has 0 saturated carbocycles. The third-order valence-electron chi connectivity index (χ3n) is 3.43. The highest BCUT2D eigenvalue weighted by Crippen LogP contribution is 2.23. The molecular formula is C18H10F4N2O3. The summed E-state index contributed by atoms with van der Waals surface area (Å²) in [5, 5.41) is 1.71. The summed E-state index contributed by atoms with van der Waals surface area (Å²) in [7, 11) is 0. The van der Waals surface area contributed by atoms with Crippen LogP contribution in [0.2, 0.25) is 0 Å². The quantitative estimate of drug-likeness (QED) is 0.503. The van der Waals surface area contributed by atoms with E-state index < -0.39 is 23.9 Å². The number of amides is 1. The van der Waals surface area contributed by atoms with Crippen molar-refractivity contribution in [1.82, 2.24) is 0 Å². The van der Waals surface area contributed by atoms with Crippen LogP contribution >= 0.6 is 0 Å². The fourth-order valence-corrected chi connectivity index (χ4v) is 2.23. The summed E-state index contributed by atoms with van der Waals surface area (Å²) in [4.78, 5) is 26.8. The van der Waals surface area contributed by atoms with E-state index in [1.165, 1.54) is 48.5 Å². The molecule has 1 heterocycles. The smallest absolute Gasteiger partial charge is 0.402 e. The molecule has 1 amide bonds. The van der Waals surface area contributed by atoms with E-state index in [2.05, 4.69) is 4.99 Å². The first-order valence-corrected chi connectivity index (χ1v) is 7.50. The van der Waals surface area contributed by atoms with Crippen molar-refractivity contribution in [3.8, 4) is 0 Å². The lowest BCUT2D eigenvalue weighted by Crippen LogP contribution is -2.29. The van der Waals surface area contributed by atoms with Gasteiger partial charge >= 0.3 is 18.1 Å². The van der Waals surface area contributed by atoms with E-state index >= 15 is 0 Å². The molecule has 5 nitrogen and oxygen atoms in total. The summed E-state index contributed by atoms with van der Waals surface area (Å²) in [5.41, 5.74) is 0.0183. The molecule has 9 heteroatoms. The molecule has 1 N–H and O–H groups in total.